The Morgan fingerprint density at radius 3 is 2.59 bits per heavy atom. The molecular weight excluding hydrogens is 554 g/mol. The summed E-state index contributed by atoms with van der Waals surface area (Å²) in [5.74, 6) is -1.49. The lowest BCUT2D eigenvalue weighted by Crippen LogP contribution is -2.52. The standard InChI is InChI=1S/C26H33ClF2N4O5S/c1-5-32(15-26(2,3)4)18(13-30-24(36)20-8-9-21(27)39-20)23(35)31-17-7-6-16(12-19(17)38-25(28)29)33-10-11-37-14-22(33)34/h6-9,12,18,25H,5,10-11,13-15H2,1-4H3,(H,30,36)(H,31,35)/t18-/m0/s1. The van der Waals surface area contributed by atoms with Crippen molar-refractivity contribution < 1.29 is 32.6 Å². The van der Waals surface area contributed by atoms with Gasteiger partial charge < -0.3 is 25.0 Å². The number of thiophene rings is 1. The average Bonchev–Trinajstić information content (AvgIpc) is 3.30. The third kappa shape index (κ3) is 8.85. The van der Waals surface area contributed by atoms with Gasteiger partial charge in [-0.05, 0) is 36.2 Å². The van der Waals surface area contributed by atoms with Gasteiger partial charge in [0.15, 0.2) is 5.75 Å². The van der Waals surface area contributed by atoms with Gasteiger partial charge in [-0.15, -0.1) is 11.3 Å². The van der Waals surface area contributed by atoms with Crippen LogP contribution in [-0.2, 0) is 14.3 Å². The van der Waals surface area contributed by atoms with Crippen LogP contribution in [0, 0.1) is 5.41 Å². The van der Waals surface area contributed by atoms with Crippen molar-refractivity contribution in [1.29, 1.82) is 0 Å². The first-order valence-corrected chi connectivity index (χ1v) is 13.6. The molecule has 0 unspecified atom stereocenters. The van der Waals surface area contributed by atoms with Crippen LogP contribution in [0.2, 0.25) is 4.34 Å². The molecular formula is C26H33ClF2N4O5S. The quantitative estimate of drug-likeness (QED) is 0.403. The summed E-state index contributed by atoms with van der Waals surface area (Å²) >= 11 is 7.07. The van der Waals surface area contributed by atoms with Crippen molar-refractivity contribution in [1.82, 2.24) is 10.2 Å². The Morgan fingerprint density at radius 2 is 2.00 bits per heavy atom. The highest BCUT2D eigenvalue weighted by molar-refractivity contribution is 7.18. The van der Waals surface area contributed by atoms with Crippen molar-refractivity contribution in [2.75, 3.05) is 49.6 Å². The van der Waals surface area contributed by atoms with Crippen molar-refractivity contribution in [3.63, 3.8) is 0 Å². The fourth-order valence-corrected chi connectivity index (χ4v) is 5.09. The lowest BCUT2D eigenvalue weighted by molar-refractivity contribution is -0.125. The van der Waals surface area contributed by atoms with Gasteiger partial charge in [0.1, 0.15) is 12.6 Å². The van der Waals surface area contributed by atoms with Gasteiger partial charge in [0.25, 0.3) is 11.8 Å². The SMILES string of the molecule is CCN(CC(C)(C)C)[C@@H](CNC(=O)c1ccc(Cl)s1)C(=O)Nc1ccc(N2CCOCC2=O)cc1OC(F)F. The molecule has 1 aromatic carbocycles. The fourth-order valence-electron chi connectivity index (χ4n) is 4.13. The predicted molar refractivity (Wildman–Crippen MR) is 147 cm³/mol. The summed E-state index contributed by atoms with van der Waals surface area (Å²) in [7, 11) is 0. The van der Waals surface area contributed by atoms with Crippen LogP contribution in [-0.4, -0.2) is 74.7 Å². The van der Waals surface area contributed by atoms with Gasteiger partial charge in [-0.2, -0.15) is 8.78 Å². The van der Waals surface area contributed by atoms with Gasteiger partial charge in [0.05, 0.1) is 21.5 Å². The number of anilines is 2. The number of hydrogen-bond donors (Lipinski definition) is 2. The Kier molecular flexibility index (Phi) is 10.6. The topological polar surface area (TPSA) is 100 Å². The molecule has 0 bridgehead atoms. The van der Waals surface area contributed by atoms with E-state index in [1.54, 1.807) is 18.2 Å². The first-order valence-electron chi connectivity index (χ1n) is 12.4. The van der Waals surface area contributed by atoms with E-state index in [0.717, 1.165) is 11.3 Å². The van der Waals surface area contributed by atoms with Crippen LogP contribution in [0.3, 0.4) is 0 Å². The fraction of sp³-hybridized carbons (Fsp3) is 0.500. The molecule has 9 nitrogen and oxygen atoms in total. The second kappa shape index (κ2) is 13.5. The maximum Gasteiger partial charge on any atom is 0.387 e. The van der Waals surface area contributed by atoms with Crippen LogP contribution in [0.4, 0.5) is 20.2 Å². The number of nitrogens with one attached hydrogen (secondary N) is 2. The van der Waals surface area contributed by atoms with Crippen LogP contribution in [0.25, 0.3) is 0 Å². The average molecular weight is 587 g/mol. The number of rotatable bonds is 11. The van der Waals surface area contributed by atoms with Crippen molar-refractivity contribution in [3.05, 3.63) is 39.5 Å². The number of carbonyl (C=O) groups is 3. The summed E-state index contributed by atoms with van der Waals surface area (Å²) in [5, 5.41) is 5.48. The number of hydrogen-bond acceptors (Lipinski definition) is 7. The first kappa shape index (κ1) is 30.7. The van der Waals surface area contributed by atoms with E-state index in [1.165, 1.54) is 17.0 Å². The largest absolute Gasteiger partial charge is 0.433 e. The summed E-state index contributed by atoms with van der Waals surface area (Å²) in [6.45, 7) is 6.25. The second-order valence-corrected chi connectivity index (χ2v) is 11.8. The Labute approximate surface area is 235 Å². The first-order chi connectivity index (χ1) is 18.4. The van der Waals surface area contributed by atoms with Gasteiger partial charge in [0, 0.05) is 31.4 Å². The van der Waals surface area contributed by atoms with Crippen molar-refractivity contribution in [2.45, 2.75) is 40.3 Å². The van der Waals surface area contributed by atoms with Crippen molar-refractivity contribution in [2.24, 2.45) is 5.41 Å². The summed E-state index contributed by atoms with van der Waals surface area (Å²) in [5.41, 5.74) is 0.187. The monoisotopic (exact) mass is 586 g/mol. The molecule has 1 aliphatic rings. The molecule has 3 rings (SSSR count). The summed E-state index contributed by atoms with van der Waals surface area (Å²) < 4.78 is 36.9. The Morgan fingerprint density at radius 1 is 1.26 bits per heavy atom. The van der Waals surface area contributed by atoms with Crippen LogP contribution in [0.5, 0.6) is 5.75 Å². The maximum atomic E-state index is 13.6. The van der Waals surface area contributed by atoms with E-state index < -0.39 is 18.6 Å². The molecule has 1 fully saturated rings. The number of halogens is 3. The highest BCUT2D eigenvalue weighted by atomic mass is 35.5. The van der Waals surface area contributed by atoms with Crippen molar-refractivity contribution >= 4 is 52.0 Å². The molecule has 0 radical (unpaired) electrons. The van der Waals surface area contributed by atoms with E-state index in [2.05, 4.69) is 10.6 Å². The smallest absolute Gasteiger partial charge is 0.387 e. The molecule has 1 saturated heterocycles. The van der Waals surface area contributed by atoms with Gasteiger partial charge in [-0.3, -0.25) is 19.3 Å². The third-order valence-corrected chi connectivity index (χ3v) is 7.05. The Hall–Kier alpha value is -2.80. The minimum absolute atomic E-state index is 0.0120. The van der Waals surface area contributed by atoms with Crippen LogP contribution < -0.4 is 20.3 Å². The molecule has 0 spiro atoms. The molecule has 13 heteroatoms. The minimum Gasteiger partial charge on any atom is -0.433 e. The van der Waals surface area contributed by atoms with E-state index in [4.69, 9.17) is 21.1 Å². The predicted octanol–water partition coefficient (Wildman–Crippen LogP) is 4.47. The van der Waals surface area contributed by atoms with Gasteiger partial charge >= 0.3 is 6.61 Å². The molecule has 2 N–H and O–H groups in total. The molecule has 2 aromatic rings. The van der Waals surface area contributed by atoms with Gasteiger partial charge in [-0.1, -0.05) is 39.3 Å². The lowest BCUT2D eigenvalue weighted by atomic mass is 9.95. The molecule has 0 saturated carbocycles. The molecule has 1 aromatic heterocycles. The number of nitrogens with zero attached hydrogens (tertiary/aromatic N) is 2. The molecule has 2 heterocycles. The van der Waals surface area contributed by atoms with E-state index in [9.17, 15) is 23.2 Å². The second-order valence-electron chi connectivity index (χ2n) is 10.1. The molecule has 0 aliphatic carbocycles. The number of alkyl halides is 2. The zero-order chi connectivity index (χ0) is 28.7. The molecule has 1 atom stereocenters. The number of carbonyl (C=O) groups excluding carboxylic acids is 3. The van der Waals surface area contributed by atoms with Gasteiger partial charge in [-0.25, -0.2) is 0 Å². The van der Waals surface area contributed by atoms with E-state index in [1.807, 2.05) is 32.6 Å². The minimum atomic E-state index is -3.16. The number of morpholine rings is 1. The van der Waals surface area contributed by atoms with Crippen LogP contribution in [0.15, 0.2) is 30.3 Å². The molecule has 214 valence electrons. The highest BCUT2D eigenvalue weighted by Crippen LogP contribution is 2.32. The zero-order valence-corrected chi connectivity index (χ0v) is 23.8. The molecule has 1 aliphatic heterocycles. The van der Waals surface area contributed by atoms with Crippen molar-refractivity contribution in [3.8, 4) is 5.75 Å². The Balaban J connectivity index is 1.86. The normalized spacial score (nSPS) is 15.0. The summed E-state index contributed by atoms with van der Waals surface area (Å²) in [6.07, 6.45) is 0. The Bertz CT molecular complexity index is 1170. The third-order valence-electron chi connectivity index (χ3n) is 5.82. The zero-order valence-electron chi connectivity index (χ0n) is 22.3. The van der Waals surface area contributed by atoms with E-state index in [0.29, 0.717) is 34.6 Å². The summed E-state index contributed by atoms with van der Waals surface area (Å²) in [4.78, 5) is 42.2. The molecule has 39 heavy (non-hydrogen) atoms. The van der Waals surface area contributed by atoms with E-state index >= 15 is 0 Å². The van der Waals surface area contributed by atoms with Gasteiger partial charge in [0.2, 0.25) is 5.91 Å². The number of ether oxygens (including phenoxy) is 2. The number of amides is 3. The highest BCUT2D eigenvalue weighted by Gasteiger charge is 2.30. The van der Waals surface area contributed by atoms with E-state index in [-0.39, 0.29) is 48.4 Å². The molecule has 3 amide bonds. The lowest BCUT2D eigenvalue weighted by Gasteiger charge is -2.35. The van der Waals surface area contributed by atoms with Crippen LogP contribution >= 0.6 is 22.9 Å². The number of likely N-dealkylation sites (N-methyl/N-ethyl adjacent to an activating group) is 1. The van der Waals surface area contributed by atoms with Crippen LogP contribution in [0.1, 0.15) is 37.4 Å². The number of benzene rings is 1. The summed E-state index contributed by atoms with van der Waals surface area (Å²) in [6, 6.07) is 6.63. The maximum absolute atomic E-state index is 13.6.